The Balaban J connectivity index is 1.64. The maximum Gasteiger partial charge on any atom is 0.231 e. The molecule has 5 heteroatoms. The summed E-state index contributed by atoms with van der Waals surface area (Å²) < 4.78 is 23.4. The molecular formula is C15H14FNO2S. The number of thioether (sulfide) groups is 1. The molecule has 0 saturated carbocycles. The summed E-state index contributed by atoms with van der Waals surface area (Å²) in [5, 5.41) is 0. The summed E-state index contributed by atoms with van der Waals surface area (Å²) in [6.45, 7) is 0.262. The van der Waals surface area contributed by atoms with Crippen LogP contribution in [-0.4, -0.2) is 12.5 Å². The highest BCUT2D eigenvalue weighted by atomic mass is 32.2. The molecular weight excluding hydrogens is 277 g/mol. The minimum atomic E-state index is -0.227. The molecule has 0 aromatic heterocycles. The van der Waals surface area contributed by atoms with Gasteiger partial charge in [-0.25, -0.2) is 4.39 Å². The van der Waals surface area contributed by atoms with Crippen molar-refractivity contribution in [2.24, 2.45) is 5.73 Å². The Morgan fingerprint density at radius 3 is 2.65 bits per heavy atom. The molecule has 3 nitrogen and oxygen atoms in total. The van der Waals surface area contributed by atoms with E-state index in [2.05, 4.69) is 0 Å². The van der Waals surface area contributed by atoms with E-state index >= 15 is 0 Å². The highest BCUT2D eigenvalue weighted by Crippen LogP contribution is 2.34. The predicted molar refractivity (Wildman–Crippen MR) is 76.6 cm³/mol. The van der Waals surface area contributed by atoms with E-state index < -0.39 is 0 Å². The lowest BCUT2D eigenvalue weighted by Crippen LogP contribution is -2.12. The van der Waals surface area contributed by atoms with Crippen molar-refractivity contribution in [2.75, 3.05) is 12.5 Å². The number of fused-ring (bicyclic) bond motifs is 1. The van der Waals surface area contributed by atoms with Crippen LogP contribution < -0.4 is 15.2 Å². The molecule has 0 spiro atoms. The number of benzene rings is 2. The van der Waals surface area contributed by atoms with E-state index in [9.17, 15) is 4.39 Å². The molecule has 3 rings (SSSR count). The predicted octanol–water partition coefficient (Wildman–Crippen LogP) is 3.35. The molecule has 1 aliphatic heterocycles. The van der Waals surface area contributed by atoms with Crippen molar-refractivity contribution in [3.8, 4) is 11.5 Å². The zero-order chi connectivity index (χ0) is 13.9. The van der Waals surface area contributed by atoms with E-state index in [0.717, 1.165) is 22.0 Å². The zero-order valence-electron chi connectivity index (χ0n) is 10.7. The van der Waals surface area contributed by atoms with Gasteiger partial charge in [-0.3, -0.25) is 0 Å². The summed E-state index contributed by atoms with van der Waals surface area (Å²) in [5.74, 6) is 1.98. The molecule has 0 bridgehead atoms. The second kappa shape index (κ2) is 5.73. The van der Waals surface area contributed by atoms with E-state index in [4.69, 9.17) is 15.2 Å². The minimum absolute atomic E-state index is 0.112. The highest BCUT2D eigenvalue weighted by molar-refractivity contribution is 7.99. The van der Waals surface area contributed by atoms with Gasteiger partial charge in [-0.2, -0.15) is 0 Å². The monoisotopic (exact) mass is 291 g/mol. The Bertz CT molecular complexity index is 603. The van der Waals surface area contributed by atoms with E-state index in [0.29, 0.717) is 5.75 Å². The molecule has 1 heterocycles. The second-order valence-corrected chi connectivity index (χ2v) is 5.58. The van der Waals surface area contributed by atoms with Gasteiger partial charge in [-0.05, 0) is 42.0 Å². The molecule has 1 aliphatic rings. The maximum absolute atomic E-state index is 12.8. The van der Waals surface area contributed by atoms with E-state index in [-0.39, 0.29) is 18.7 Å². The van der Waals surface area contributed by atoms with Crippen molar-refractivity contribution >= 4 is 11.8 Å². The molecule has 20 heavy (non-hydrogen) atoms. The third kappa shape index (κ3) is 2.89. The molecule has 0 aliphatic carbocycles. The summed E-state index contributed by atoms with van der Waals surface area (Å²) in [7, 11) is 0. The lowest BCUT2D eigenvalue weighted by Gasteiger charge is -2.12. The first-order valence-corrected chi connectivity index (χ1v) is 7.24. The third-order valence-corrected chi connectivity index (χ3v) is 4.20. The van der Waals surface area contributed by atoms with Gasteiger partial charge in [0.2, 0.25) is 6.79 Å². The molecule has 2 aromatic carbocycles. The fourth-order valence-electron chi connectivity index (χ4n) is 1.96. The number of nitrogens with two attached hydrogens (primary N) is 1. The van der Waals surface area contributed by atoms with Gasteiger partial charge in [0.1, 0.15) is 5.82 Å². The number of rotatable bonds is 4. The zero-order valence-corrected chi connectivity index (χ0v) is 11.5. The normalized spacial score (nSPS) is 14.3. The Kier molecular flexibility index (Phi) is 3.80. The first kappa shape index (κ1) is 13.3. The fraction of sp³-hybridized carbons (Fsp3) is 0.200. The van der Waals surface area contributed by atoms with E-state index in [1.54, 1.807) is 23.9 Å². The molecule has 0 amide bonds. The molecule has 2 aromatic rings. The number of halogens is 1. The fourth-order valence-corrected chi connectivity index (χ4v) is 2.85. The standard InChI is InChI=1S/C15H14FNO2S/c16-11-2-4-12(5-3-11)20-8-13(17)10-1-6-14-15(7-10)19-9-18-14/h1-7,13H,8-9,17H2. The average Bonchev–Trinajstić information content (AvgIpc) is 2.93. The average molecular weight is 291 g/mol. The van der Waals surface area contributed by atoms with Crippen molar-refractivity contribution < 1.29 is 13.9 Å². The Morgan fingerprint density at radius 1 is 1.10 bits per heavy atom. The van der Waals surface area contributed by atoms with Crippen LogP contribution in [0.15, 0.2) is 47.4 Å². The summed E-state index contributed by atoms with van der Waals surface area (Å²) >= 11 is 1.60. The highest BCUT2D eigenvalue weighted by Gasteiger charge is 2.16. The van der Waals surface area contributed by atoms with Gasteiger partial charge in [-0.15, -0.1) is 11.8 Å². The topological polar surface area (TPSA) is 44.5 Å². The summed E-state index contributed by atoms with van der Waals surface area (Å²) in [5.41, 5.74) is 7.18. The molecule has 0 radical (unpaired) electrons. The van der Waals surface area contributed by atoms with Crippen LogP contribution in [0.2, 0.25) is 0 Å². The van der Waals surface area contributed by atoms with Gasteiger partial charge in [0.25, 0.3) is 0 Å². The molecule has 2 N–H and O–H groups in total. The van der Waals surface area contributed by atoms with Crippen molar-refractivity contribution in [1.29, 1.82) is 0 Å². The lowest BCUT2D eigenvalue weighted by atomic mass is 10.1. The largest absolute Gasteiger partial charge is 0.454 e. The third-order valence-electron chi connectivity index (χ3n) is 3.07. The van der Waals surface area contributed by atoms with Gasteiger partial charge in [-0.1, -0.05) is 6.07 Å². The summed E-state index contributed by atoms with van der Waals surface area (Å²) in [4.78, 5) is 1.00. The Labute approximate surface area is 120 Å². The van der Waals surface area contributed by atoms with Crippen LogP contribution in [0.5, 0.6) is 11.5 Å². The maximum atomic E-state index is 12.8. The van der Waals surface area contributed by atoms with Crippen molar-refractivity contribution in [3.05, 3.63) is 53.8 Å². The SMILES string of the molecule is NC(CSc1ccc(F)cc1)c1ccc2c(c1)OCO2. The number of ether oxygens (including phenoxy) is 2. The molecule has 0 saturated heterocycles. The van der Waals surface area contributed by atoms with Crippen LogP contribution >= 0.6 is 11.8 Å². The first-order valence-electron chi connectivity index (χ1n) is 6.26. The van der Waals surface area contributed by atoms with Gasteiger partial charge < -0.3 is 15.2 Å². The van der Waals surface area contributed by atoms with Crippen LogP contribution in [0.1, 0.15) is 11.6 Å². The number of hydrogen-bond acceptors (Lipinski definition) is 4. The minimum Gasteiger partial charge on any atom is -0.454 e. The van der Waals surface area contributed by atoms with Crippen LogP contribution in [0, 0.1) is 5.82 Å². The first-order chi connectivity index (χ1) is 9.72. The van der Waals surface area contributed by atoms with E-state index in [1.807, 2.05) is 18.2 Å². The Morgan fingerprint density at radius 2 is 1.85 bits per heavy atom. The summed E-state index contributed by atoms with van der Waals surface area (Å²) in [6.07, 6.45) is 0. The molecule has 0 fully saturated rings. The quantitative estimate of drug-likeness (QED) is 0.877. The van der Waals surface area contributed by atoms with Crippen LogP contribution in [-0.2, 0) is 0 Å². The van der Waals surface area contributed by atoms with Crippen molar-refractivity contribution in [1.82, 2.24) is 0 Å². The van der Waals surface area contributed by atoms with Crippen molar-refractivity contribution in [3.63, 3.8) is 0 Å². The van der Waals surface area contributed by atoms with Gasteiger partial charge in [0.05, 0.1) is 0 Å². The second-order valence-electron chi connectivity index (χ2n) is 4.48. The van der Waals surface area contributed by atoms with Crippen molar-refractivity contribution in [2.45, 2.75) is 10.9 Å². The van der Waals surface area contributed by atoms with Crippen LogP contribution in [0.4, 0.5) is 4.39 Å². The van der Waals surface area contributed by atoms with Gasteiger partial charge in [0.15, 0.2) is 11.5 Å². The molecule has 104 valence electrons. The van der Waals surface area contributed by atoms with Gasteiger partial charge in [0, 0.05) is 16.7 Å². The number of hydrogen-bond donors (Lipinski definition) is 1. The Hall–Kier alpha value is -1.72. The molecule has 1 unspecified atom stereocenters. The smallest absolute Gasteiger partial charge is 0.231 e. The van der Waals surface area contributed by atoms with Crippen LogP contribution in [0.25, 0.3) is 0 Å². The van der Waals surface area contributed by atoms with Gasteiger partial charge >= 0.3 is 0 Å². The lowest BCUT2D eigenvalue weighted by molar-refractivity contribution is 0.174. The van der Waals surface area contributed by atoms with E-state index in [1.165, 1.54) is 12.1 Å². The summed E-state index contributed by atoms with van der Waals surface area (Å²) in [6, 6.07) is 12.0. The van der Waals surface area contributed by atoms with Crippen LogP contribution in [0.3, 0.4) is 0 Å². The molecule has 1 atom stereocenters.